The summed E-state index contributed by atoms with van der Waals surface area (Å²) in [5.74, 6) is 1.06. The zero-order chi connectivity index (χ0) is 24.1. The van der Waals surface area contributed by atoms with Crippen molar-refractivity contribution in [3.8, 4) is 22.6 Å². The largest absolute Gasteiger partial charge is 0.467 e. The van der Waals surface area contributed by atoms with Gasteiger partial charge < -0.3 is 29.6 Å². The van der Waals surface area contributed by atoms with Crippen LogP contribution in [0, 0.1) is 0 Å². The first-order valence-corrected chi connectivity index (χ1v) is 11.0. The van der Waals surface area contributed by atoms with Crippen molar-refractivity contribution in [2.45, 2.75) is 33.1 Å². The van der Waals surface area contributed by atoms with Crippen molar-refractivity contribution in [1.82, 2.24) is 10.6 Å². The normalized spacial score (nSPS) is 10.5. The van der Waals surface area contributed by atoms with E-state index in [0.717, 1.165) is 22.3 Å². The highest BCUT2D eigenvalue weighted by molar-refractivity contribution is 5.80. The average molecular weight is 459 g/mol. The molecule has 0 aromatic heterocycles. The van der Waals surface area contributed by atoms with E-state index in [9.17, 15) is 9.59 Å². The van der Waals surface area contributed by atoms with E-state index in [1.54, 1.807) is 14.2 Å². The first-order chi connectivity index (χ1) is 16.0. The molecule has 180 valence electrons. The van der Waals surface area contributed by atoms with Gasteiger partial charge in [0.05, 0.1) is 0 Å². The molecule has 2 aromatic carbocycles. The quantitative estimate of drug-likeness (QED) is 0.334. The highest BCUT2D eigenvalue weighted by Gasteiger charge is 2.21. The zero-order valence-corrected chi connectivity index (χ0v) is 19.9. The van der Waals surface area contributed by atoms with Crippen molar-refractivity contribution in [3.63, 3.8) is 0 Å². The van der Waals surface area contributed by atoms with Crippen LogP contribution >= 0.6 is 0 Å². The highest BCUT2D eigenvalue weighted by Crippen LogP contribution is 2.41. The molecule has 0 saturated heterocycles. The summed E-state index contributed by atoms with van der Waals surface area (Å²) in [7, 11) is 3.13. The number of rotatable bonds is 14. The lowest BCUT2D eigenvalue weighted by molar-refractivity contribution is -0.122. The fourth-order valence-electron chi connectivity index (χ4n) is 3.57. The van der Waals surface area contributed by atoms with E-state index >= 15 is 0 Å². The minimum atomic E-state index is -0.124. The monoisotopic (exact) mass is 458 g/mol. The molecule has 2 N–H and O–H groups in total. The Kier molecular flexibility index (Phi) is 11.2. The summed E-state index contributed by atoms with van der Waals surface area (Å²) in [6.45, 7) is 4.45. The molecule has 0 atom stereocenters. The van der Waals surface area contributed by atoms with Gasteiger partial charge >= 0.3 is 0 Å². The number of amides is 2. The lowest BCUT2D eigenvalue weighted by Crippen LogP contribution is -2.33. The Morgan fingerprint density at radius 2 is 1.52 bits per heavy atom. The number of nitrogens with one attached hydrogen (secondary N) is 2. The molecule has 0 radical (unpaired) electrons. The first kappa shape index (κ1) is 26.2. The fourth-order valence-corrected chi connectivity index (χ4v) is 3.57. The van der Waals surface area contributed by atoms with Crippen molar-refractivity contribution in [3.05, 3.63) is 47.5 Å². The number of hydrogen-bond acceptors (Lipinski definition) is 6. The molecule has 8 nitrogen and oxygen atoms in total. The highest BCUT2D eigenvalue weighted by atomic mass is 16.7. The van der Waals surface area contributed by atoms with Crippen LogP contribution in [-0.2, 0) is 31.9 Å². The Hall–Kier alpha value is -3.10. The van der Waals surface area contributed by atoms with E-state index in [0.29, 0.717) is 37.4 Å². The maximum absolute atomic E-state index is 12.5. The predicted molar refractivity (Wildman–Crippen MR) is 126 cm³/mol. The van der Waals surface area contributed by atoms with Gasteiger partial charge in [0.15, 0.2) is 13.6 Å². The van der Waals surface area contributed by atoms with Gasteiger partial charge in [0.1, 0.15) is 11.5 Å². The maximum Gasteiger partial charge on any atom is 0.220 e. The molecule has 0 aliphatic carbocycles. The lowest BCUT2D eigenvalue weighted by Gasteiger charge is -2.22. The molecule has 0 heterocycles. The Morgan fingerprint density at radius 3 is 2.12 bits per heavy atom. The van der Waals surface area contributed by atoms with Crippen LogP contribution in [0.3, 0.4) is 0 Å². The summed E-state index contributed by atoms with van der Waals surface area (Å²) >= 11 is 0. The van der Waals surface area contributed by atoms with Crippen LogP contribution in [0.25, 0.3) is 11.1 Å². The Balaban J connectivity index is 2.40. The average Bonchev–Trinajstić information content (AvgIpc) is 2.82. The molecule has 0 spiro atoms. The van der Waals surface area contributed by atoms with E-state index in [4.69, 9.17) is 18.9 Å². The Labute approximate surface area is 195 Å². The number of ether oxygens (including phenoxy) is 4. The Bertz CT molecular complexity index is 902. The van der Waals surface area contributed by atoms with E-state index in [-0.39, 0.29) is 31.8 Å². The van der Waals surface area contributed by atoms with Crippen molar-refractivity contribution >= 4 is 11.8 Å². The van der Waals surface area contributed by atoms with Crippen LogP contribution in [0.2, 0.25) is 0 Å². The third-order valence-electron chi connectivity index (χ3n) is 4.98. The molecule has 0 fully saturated rings. The van der Waals surface area contributed by atoms with Crippen LogP contribution in [0.1, 0.15) is 31.4 Å². The summed E-state index contributed by atoms with van der Waals surface area (Å²) in [6, 6.07) is 11.8. The predicted octanol–water partition coefficient (Wildman–Crippen LogP) is 3.07. The van der Waals surface area contributed by atoms with E-state index in [1.807, 2.05) is 36.4 Å². The van der Waals surface area contributed by atoms with Crippen LogP contribution in [-0.4, -0.2) is 52.7 Å². The maximum atomic E-state index is 12.5. The second kappa shape index (κ2) is 14.1. The minimum absolute atomic E-state index is 0.0814. The summed E-state index contributed by atoms with van der Waals surface area (Å²) in [5.41, 5.74) is 3.89. The number of carbonyl (C=O) groups excluding carboxylic acids is 2. The molecular weight excluding hydrogens is 424 g/mol. The van der Waals surface area contributed by atoms with Gasteiger partial charge in [-0.05, 0) is 29.5 Å². The topological polar surface area (TPSA) is 95.1 Å². The minimum Gasteiger partial charge on any atom is -0.467 e. The van der Waals surface area contributed by atoms with Crippen molar-refractivity contribution in [2.75, 3.05) is 40.9 Å². The van der Waals surface area contributed by atoms with Crippen LogP contribution < -0.4 is 20.1 Å². The van der Waals surface area contributed by atoms with Crippen molar-refractivity contribution in [2.24, 2.45) is 0 Å². The van der Waals surface area contributed by atoms with Crippen LogP contribution in [0.4, 0.5) is 0 Å². The fraction of sp³-hybridized carbons (Fsp3) is 0.440. The third-order valence-corrected chi connectivity index (χ3v) is 4.98. The molecule has 0 bridgehead atoms. The van der Waals surface area contributed by atoms with Crippen molar-refractivity contribution in [1.29, 1.82) is 0 Å². The van der Waals surface area contributed by atoms with Gasteiger partial charge in [0.25, 0.3) is 0 Å². The third kappa shape index (κ3) is 8.07. The number of carbonyl (C=O) groups is 2. The smallest absolute Gasteiger partial charge is 0.220 e. The van der Waals surface area contributed by atoms with Crippen LogP contribution in [0.15, 0.2) is 36.4 Å². The van der Waals surface area contributed by atoms with Gasteiger partial charge in [-0.3, -0.25) is 9.59 Å². The van der Waals surface area contributed by atoms with Gasteiger partial charge in [-0.2, -0.15) is 0 Å². The van der Waals surface area contributed by atoms with Gasteiger partial charge in [-0.15, -0.1) is 0 Å². The molecule has 0 aliphatic heterocycles. The second-order valence-corrected chi connectivity index (χ2v) is 7.36. The summed E-state index contributed by atoms with van der Waals surface area (Å²) in [5, 5.41) is 5.51. The van der Waals surface area contributed by atoms with Crippen molar-refractivity contribution < 1.29 is 28.5 Å². The summed E-state index contributed by atoms with van der Waals surface area (Å²) in [6.07, 6.45) is 1.49. The zero-order valence-electron chi connectivity index (χ0n) is 19.9. The molecule has 2 amide bonds. The van der Waals surface area contributed by atoms with E-state index in [2.05, 4.69) is 17.6 Å². The molecule has 2 rings (SSSR count). The molecule has 0 saturated carbocycles. The number of methoxy groups -OCH3 is 2. The molecule has 0 aliphatic rings. The van der Waals surface area contributed by atoms with Crippen LogP contribution in [0.5, 0.6) is 11.5 Å². The van der Waals surface area contributed by atoms with E-state index in [1.165, 1.54) is 6.92 Å². The first-order valence-electron chi connectivity index (χ1n) is 11.0. The SMILES string of the molecule is CCc1c(OCOC)cc(OCOC)c(-c2ccccc2)c1CCC(=O)NCCNC(C)=O. The summed E-state index contributed by atoms with van der Waals surface area (Å²) < 4.78 is 22.0. The molecule has 8 heteroatoms. The second-order valence-electron chi connectivity index (χ2n) is 7.36. The van der Waals surface area contributed by atoms with Gasteiger partial charge in [-0.1, -0.05) is 37.3 Å². The lowest BCUT2D eigenvalue weighted by atomic mass is 9.89. The Morgan fingerprint density at radius 1 is 0.879 bits per heavy atom. The standard InChI is InChI=1S/C25H34N2O6/c1-5-20-21(11-12-24(29)27-14-13-26-18(2)28)25(19-9-7-6-8-10-19)23(33-17-31-4)15-22(20)32-16-30-3/h6-10,15H,5,11-14,16-17H2,1-4H3,(H,26,28)(H,27,29). The number of benzene rings is 2. The molecule has 2 aromatic rings. The van der Waals surface area contributed by atoms with Gasteiger partial charge in [0.2, 0.25) is 11.8 Å². The van der Waals surface area contributed by atoms with Gasteiger partial charge in [-0.25, -0.2) is 0 Å². The number of hydrogen-bond donors (Lipinski definition) is 2. The summed E-state index contributed by atoms with van der Waals surface area (Å²) in [4.78, 5) is 23.5. The molecule has 0 unspecified atom stereocenters. The van der Waals surface area contributed by atoms with Gasteiger partial charge in [0, 0.05) is 52.3 Å². The molecular formula is C25H34N2O6. The molecule has 33 heavy (non-hydrogen) atoms. The van der Waals surface area contributed by atoms with E-state index < -0.39 is 0 Å².